The molecule has 1 amide bonds. The fourth-order valence-corrected chi connectivity index (χ4v) is 5.36. The molecule has 1 aromatic carbocycles. The summed E-state index contributed by atoms with van der Waals surface area (Å²) in [4.78, 5) is 31.4. The number of esters is 1. The summed E-state index contributed by atoms with van der Waals surface area (Å²) in [6.45, 7) is 5.72. The third kappa shape index (κ3) is 5.12. The number of sulfone groups is 1. The molecule has 8 heteroatoms. The van der Waals surface area contributed by atoms with Crippen molar-refractivity contribution in [3.63, 3.8) is 0 Å². The lowest BCUT2D eigenvalue weighted by Gasteiger charge is -2.29. The van der Waals surface area contributed by atoms with Gasteiger partial charge in [0.25, 0.3) is 5.91 Å². The number of para-hydroxylation sites is 1. The Morgan fingerprint density at radius 3 is 2.66 bits per heavy atom. The molecule has 0 aliphatic carbocycles. The van der Waals surface area contributed by atoms with Gasteiger partial charge in [0.15, 0.2) is 16.4 Å². The Morgan fingerprint density at radius 2 is 2.00 bits per heavy atom. The standard InChI is InChI=1S/C21H26N2O5S/c1-14(2)11-23(16-8-9-29(26,27)13-16)20(24)12-28-21(25)18-10-15(3)22-19-7-5-4-6-17(18)19/h4-7,10,14,16H,8-9,11-13H2,1-3H3/t16-/m1/s1. The van der Waals surface area contributed by atoms with Crippen LogP contribution in [-0.4, -0.2) is 60.9 Å². The predicted octanol–water partition coefficient (Wildman–Crippen LogP) is 2.37. The van der Waals surface area contributed by atoms with E-state index in [0.717, 1.165) is 0 Å². The second-order valence-electron chi connectivity index (χ2n) is 7.90. The van der Waals surface area contributed by atoms with E-state index < -0.39 is 22.4 Å². The van der Waals surface area contributed by atoms with Crippen molar-refractivity contribution in [1.82, 2.24) is 9.88 Å². The van der Waals surface area contributed by atoms with Gasteiger partial charge in [0, 0.05) is 23.7 Å². The first kappa shape index (κ1) is 21.2. The zero-order chi connectivity index (χ0) is 21.2. The highest BCUT2D eigenvalue weighted by atomic mass is 32.2. The van der Waals surface area contributed by atoms with Crippen molar-refractivity contribution >= 4 is 32.6 Å². The molecular weight excluding hydrogens is 392 g/mol. The lowest BCUT2D eigenvalue weighted by molar-refractivity contribution is -0.137. The number of pyridine rings is 1. The molecule has 1 aromatic heterocycles. The first-order valence-corrected chi connectivity index (χ1v) is 11.5. The summed E-state index contributed by atoms with van der Waals surface area (Å²) in [6, 6.07) is 8.53. The zero-order valence-electron chi connectivity index (χ0n) is 16.9. The molecule has 1 fully saturated rings. The van der Waals surface area contributed by atoms with Crippen molar-refractivity contribution in [3.8, 4) is 0 Å². The number of amides is 1. The predicted molar refractivity (Wildman–Crippen MR) is 110 cm³/mol. The Kier molecular flexibility index (Phi) is 6.21. The van der Waals surface area contributed by atoms with Gasteiger partial charge in [0.05, 0.1) is 22.6 Å². The van der Waals surface area contributed by atoms with E-state index in [0.29, 0.717) is 35.1 Å². The van der Waals surface area contributed by atoms with E-state index in [9.17, 15) is 18.0 Å². The molecule has 156 valence electrons. The molecule has 0 bridgehead atoms. The monoisotopic (exact) mass is 418 g/mol. The number of benzene rings is 1. The highest BCUT2D eigenvalue weighted by Gasteiger charge is 2.35. The van der Waals surface area contributed by atoms with Crippen molar-refractivity contribution in [2.45, 2.75) is 33.2 Å². The number of fused-ring (bicyclic) bond motifs is 1. The fraction of sp³-hybridized carbons (Fsp3) is 0.476. The second kappa shape index (κ2) is 8.49. The lowest BCUT2D eigenvalue weighted by atomic mass is 10.1. The maximum absolute atomic E-state index is 12.8. The molecule has 1 saturated heterocycles. The number of carbonyl (C=O) groups is 2. The van der Waals surface area contributed by atoms with Crippen LogP contribution in [0.1, 0.15) is 36.3 Å². The van der Waals surface area contributed by atoms with Crippen LogP contribution in [0.25, 0.3) is 10.9 Å². The van der Waals surface area contributed by atoms with Crippen LogP contribution in [0.5, 0.6) is 0 Å². The third-order valence-electron chi connectivity index (χ3n) is 4.92. The summed E-state index contributed by atoms with van der Waals surface area (Å²) in [5, 5.41) is 0.663. The van der Waals surface area contributed by atoms with Crippen LogP contribution in [0.3, 0.4) is 0 Å². The van der Waals surface area contributed by atoms with Crippen LogP contribution in [0, 0.1) is 12.8 Å². The molecular formula is C21H26N2O5S. The van der Waals surface area contributed by atoms with Gasteiger partial charge in [0.2, 0.25) is 0 Å². The van der Waals surface area contributed by atoms with E-state index in [1.165, 1.54) is 0 Å². The van der Waals surface area contributed by atoms with Crippen molar-refractivity contribution in [3.05, 3.63) is 41.6 Å². The van der Waals surface area contributed by atoms with Crippen molar-refractivity contribution in [2.24, 2.45) is 5.92 Å². The van der Waals surface area contributed by atoms with Gasteiger partial charge >= 0.3 is 5.97 Å². The maximum Gasteiger partial charge on any atom is 0.339 e. The second-order valence-corrected chi connectivity index (χ2v) is 10.1. The van der Waals surface area contributed by atoms with Gasteiger partial charge in [-0.15, -0.1) is 0 Å². The Bertz CT molecular complexity index is 1030. The largest absolute Gasteiger partial charge is 0.452 e. The molecule has 0 spiro atoms. The van der Waals surface area contributed by atoms with Crippen LogP contribution in [0.4, 0.5) is 0 Å². The van der Waals surface area contributed by atoms with Gasteiger partial charge in [-0.05, 0) is 31.4 Å². The number of hydrogen-bond acceptors (Lipinski definition) is 6. The van der Waals surface area contributed by atoms with Crippen molar-refractivity contribution in [2.75, 3.05) is 24.7 Å². The molecule has 29 heavy (non-hydrogen) atoms. The Balaban J connectivity index is 1.74. The molecule has 2 heterocycles. The summed E-state index contributed by atoms with van der Waals surface area (Å²) in [5.41, 5.74) is 1.72. The molecule has 0 saturated carbocycles. The Labute approximate surface area is 171 Å². The smallest absolute Gasteiger partial charge is 0.339 e. The minimum atomic E-state index is -3.12. The van der Waals surface area contributed by atoms with Gasteiger partial charge in [-0.25, -0.2) is 13.2 Å². The minimum Gasteiger partial charge on any atom is -0.452 e. The topological polar surface area (TPSA) is 93.6 Å². The summed E-state index contributed by atoms with van der Waals surface area (Å²) in [7, 11) is -3.12. The molecule has 0 N–H and O–H groups in total. The number of carbonyl (C=O) groups excluding carboxylic acids is 2. The van der Waals surface area contributed by atoms with E-state index >= 15 is 0 Å². The van der Waals surface area contributed by atoms with Crippen LogP contribution in [0.15, 0.2) is 30.3 Å². The Hall–Kier alpha value is -2.48. The highest BCUT2D eigenvalue weighted by Crippen LogP contribution is 2.21. The van der Waals surface area contributed by atoms with Crippen LogP contribution < -0.4 is 0 Å². The van der Waals surface area contributed by atoms with Gasteiger partial charge in [0.1, 0.15) is 0 Å². The van der Waals surface area contributed by atoms with Gasteiger partial charge in [-0.1, -0.05) is 32.0 Å². The Morgan fingerprint density at radius 1 is 1.28 bits per heavy atom. The zero-order valence-corrected chi connectivity index (χ0v) is 17.7. The fourth-order valence-electron chi connectivity index (χ4n) is 3.63. The van der Waals surface area contributed by atoms with Gasteiger partial charge in [-0.2, -0.15) is 0 Å². The summed E-state index contributed by atoms with van der Waals surface area (Å²) in [5.74, 6) is -0.743. The average Bonchev–Trinajstić information content (AvgIpc) is 3.02. The number of aromatic nitrogens is 1. The van der Waals surface area contributed by atoms with Gasteiger partial charge < -0.3 is 9.64 Å². The molecule has 3 rings (SSSR count). The van der Waals surface area contributed by atoms with Crippen LogP contribution >= 0.6 is 0 Å². The number of ether oxygens (including phenoxy) is 1. The third-order valence-corrected chi connectivity index (χ3v) is 6.67. The number of hydrogen-bond donors (Lipinski definition) is 0. The van der Waals surface area contributed by atoms with Crippen LogP contribution in [0.2, 0.25) is 0 Å². The molecule has 0 unspecified atom stereocenters. The van der Waals surface area contributed by atoms with Crippen molar-refractivity contribution < 1.29 is 22.7 Å². The maximum atomic E-state index is 12.8. The number of nitrogens with zero attached hydrogens (tertiary/aromatic N) is 2. The molecule has 1 atom stereocenters. The molecule has 2 aromatic rings. The number of rotatable bonds is 6. The van der Waals surface area contributed by atoms with E-state index in [2.05, 4.69) is 4.98 Å². The first-order valence-electron chi connectivity index (χ1n) is 9.69. The average molecular weight is 419 g/mol. The van der Waals surface area contributed by atoms with E-state index in [4.69, 9.17) is 4.74 Å². The first-order chi connectivity index (χ1) is 13.7. The van der Waals surface area contributed by atoms with E-state index in [1.807, 2.05) is 32.0 Å². The van der Waals surface area contributed by atoms with Crippen LogP contribution in [-0.2, 0) is 19.4 Å². The van der Waals surface area contributed by atoms with Gasteiger partial charge in [-0.3, -0.25) is 9.78 Å². The normalized spacial score (nSPS) is 18.1. The van der Waals surface area contributed by atoms with E-state index in [1.54, 1.807) is 24.0 Å². The summed E-state index contributed by atoms with van der Waals surface area (Å²) < 4.78 is 29.0. The minimum absolute atomic E-state index is 0.0341. The molecule has 1 aliphatic heterocycles. The van der Waals surface area contributed by atoms with Crippen molar-refractivity contribution in [1.29, 1.82) is 0 Å². The lowest BCUT2D eigenvalue weighted by Crippen LogP contribution is -2.45. The molecule has 1 aliphatic rings. The quantitative estimate of drug-likeness (QED) is 0.669. The van der Waals surface area contributed by atoms with E-state index in [-0.39, 0.29) is 29.4 Å². The SMILES string of the molecule is Cc1cc(C(=O)OCC(=O)N(CC(C)C)[C@@H]2CCS(=O)(=O)C2)c2ccccc2n1. The summed E-state index contributed by atoms with van der Waals surface area (Å²) in [6.07, 6.45) is 0.420. The molecule has 7 nitrogen and oxygen atoms in total. The number of aryl methyl sites for hydroxylation is 1. The highest BCUT2D eigenvalue weighted by molar-refractivity contribution is 7.91. The molecule has 0 radical (unpaired) electrons. The summed E-state index contributed by atoms with van der Waals surface area (Å²) >= 11 is 0.